The molecule has 1 aliphatic rings. The Kier molecular flexibility index (Phi) is 3.27. The molecule has 1 fully saturated rings. The summed E-state index contributed by atoms with van der Waals surface area (Å²) < 4.78 is 10.1. The zero-order chi connectivity index (χ0) is 9.90. The second-order valence-corrected chi connectivity index (χ2v) is 4.20. The Labute approximate surface area is 78.6 Å². The minimum Gasteiger partial charge on any atom is -0.459 e. The fourth-order valence-electron chi connectivity index (χ4n) is 0.959. The monoisotopic (exact) mass is 187 g/mol. The number of rotatable bonds is 3. The van der Waals surface area contributed by atoms with Crippen LogP contribution in [0.1, 0.15) is 20.8 Å². The Balaban J connectivity index is 2.10. The molecule has 0 aliphatic carbocycles. The summed E-state index contributed by atoms with van der Waals surface area (Å²) in [6, 6.07) is 0.326. The Morgan fingerprint density at radius 3 is 2.54 bits per heavy atom. The first kappa shape index (κ1) is 10.5. The molecule has 0 bridgehead atoms. The molecule has 0 radical (unpaired) electrons. The quantitative estimate of drug-likeness (QED) is 0.646. The maximum absolute atomic E-state index is 11.2. The molecule has 0 aromatic carbocycles. The van der Waals surface area contributed by atoms with Crippen LogP contribution in [-0.2, 0) is 14.3 Å². The Hall–Kier alpha value is -0.610. The summed E-state index contributed by atoms with van der Waals surface area (Å²) in [5, 5.41) is 3.04. The summed E-state index contributed by atoms with van der Waals surface area (Å²) >= 11 is 0. The molecule has 0 spiro atoms. The predicted molar refractivity (Wildman–Crippen MR) is 48.5 cm³/mol. The number of ether oxygens (including phenoxy) is 2. The lowest BCUT2D eigenvalue weighted by molar-refractivity contribution is -0.154. The average Bonchev–Trinajstić information content (AvgIpc) is 1.78. The van der Waals surface area contributed by atoms with Crippen LogP contribution in [0.3, 0.4) is 0 Å². The minimum atomic E-state index is -0.394. The van der Waals surface area contributed by atoms with Crippen LogP contribution in [0.2, 0.25) is 0 Å². The summed E-state index contributed by atoms with van der Waals surface area (Å²) in [5.74, 6) is -0.209. The SMILES string of the molecule is CC(C)(C)OC(=O)CNC1COC1. The molecule has 1 N–H and O–H groups in total. The van der Waals surface area contributed by atoms with Gasteiger partial charge in [0.05, 0.1) is 25.8 Å². The average molecular weight is 187 g/mol. The van der Waals surface area contributed by atoms with Gasteiger partial charge in [0.25, 0.3) is 0 Å². The van der Waals surface area contributed by atoms with E-state index in [0.29, 0.717) is 19.3 Å². The van der Waals surface area contributed by atoms with Gasteiger partial charge >= 0.3 is 5.97 Å². The van der Waals surface area contributed by atoms with Crippen molar-refractivity contribution in [1.29, 1.82) is 0 Å². The fraction of sp³-hybridized carbons (Fsp3) is 0.889. The van der Waals surface area contributed by atoms with E-state index in [9.17, 15) is 4.79 Å². The molecule has 76 valence electrons. The highest BCUT2D eigenvalue weighted by Gasteiger charge is 2.21. The van der Waals surface area contributed by atoms with Crippen molar-refractivity contribution < 1.29 is 14.3 Å². The van der Waals surface area contributed by atoms with E-state index in [4.69, 9.17) is 9.47 Å². The van der Waals surface area contributed by atoms with Crippen molar-refractivity contribution in [2.75, 3.05) is 19.8 Å². The molecule has 0 unspecified atom stereocenters. The van der Waals surface area contributed by atoms with Crippen molar-refractivity contribution in [1.82, 2.24) is 5.32 Å². The van der Waals surface area contributed by atoms with Gasteiger partial charge in [0.15, 0.2) is 0 Å². The molecular weight excluding hydrogens is 170 g/mol. The van der Waals surface area contributed by atoms with Crippen LogP contribution in [0.4, 0.5) is 0 Å². The third-order valence-corrected chi connectivity index (χ3v) is 1.59. The van der Waals surface area contributed by atoms with Crippen LogP contribution in [0.5, 0.6) is 0 Å². The highest BCUT2D eigenvalue weighted by atomic mass is 16.6. The molecule has 0 amide bonds. The molecular formula is C9H17NO3. The molecule has 1 rings (SSSR count). The van der Waals surface area contributed by atoms with Gasteiger partial charge in [0.1, 0.15) is 5.60 Å². The van der Waals surface area contributed by atoms with Gasteiger partial charge in [-0.1, -0.05) is 0 Å². The van der Waals surface area contributed by atoms with E-state index >= 15 is 0 Å². The molecule has 1 saturated heterocycles. The summed E-state index contributed by atoms with van der Waals surface area (Å²) in [7, 11) is 0. The third-order valence-electron chi connectivity index (χ3n) is 1.59. The van der Waals surface area contributed by atoms with Crippen LogP contribution >= 0.6 is 0 Å². The summed E-state index contributed by atoms with van der Waals surface area (Å²) in [6.07, 6.45) is 0. The minimum absolute atomic E-state index is 0.209. The first-order valence-electron chi connectivity index (χ1n) is 4.50. The smallest absolute Gasteiger partial charge is 0.320 e. The number of esters is 1. The van der Waals surface area contributed by atoms with Crippen LogP contribution in [0.15, 0.2) is 0 Å². The van der Waals surface area contributed by atoms with Gasteiger partial charge in [-0.25, -0.2) is 0 Å². The predicted octanol–water partition coefficient (Wildman–Crippen LogP) is 0.316. The summed E-state index contributed by atoms with van der Waals surface area (Å²) in [5.41, 5.74) is -0.394. The molecule has 4 heteroatoms. The number of carbonyl (C=O) groups is 1. The van der Waals surface area contributed by atoms with Gasteiger partial charge in [-0.3, -0.25) is 10.1 Å². The molecule has 1 heterocycles. The Morgan fingerprint density at radius 1 is 1.54 bits per heavy atom. The first-order valence-corrected chi connectivity index (χ1v) is 4.50. The zero-order valence-electron chi connectivity index (χ0n) is 8.42. The highest BCUT2D eigenvalue weighted by Crippen LogP contribution is 2.06. The van der Waals surface area contributed by atoms with Crippen molar-refractivity contribution in [2.24, 2.45) is 0 Å². The molecule has 4 nitrogen and oxygen atoms in total. The van der Waals surface area contributed by atoms with E-state index in [0.717, 1.165) is 0 Å². The van der Waals surface area contributed by atoms with E-state index in [1.165, 1.54) is 0 Å². The Morgan fingerprint density at radius 2 is 2.15 bits per heavy atom. The largest absolute Gasteiger partial charge is 0.459 e. The van der Waals surface area contributed by atoms with E-state index in [1.807, 2.05) is 20.8 Å². The van der Waals surface area contributed by atoms with Gasteiger partial charge in [0.2, 0.25) is 0 Å². The van der Waals surface area contributed by atoms with Crippen LogP contribution < -0.4 is 5.32 Å². The topological polar surface area (TPSA) is 47.6 Å². The number of carbonyl (C=O) groups excluding carboxylic acids is 1. The van der Waals surface area contributed by atoms with Gasteiger partial charge in [-0.15, -0.1) is 0 Å². The molecule has 1 aliphatic heterocycles. The van der Waals surface area contributed by atoms with Crippen molar-refractivity contribution in [2.45, 2.75) is 32.4 Å². The van der Waals surface area contributed by atoms with E-state index < -0.39 is 5.60 Å². The fourth-order valence-corrected chi connectivity index (χ4v) is 0.959. The molecule has 0 aromatic rings. The lowest BCUT2D eigenvalue weighted by atomic mass is 10.2. The van der Waals surface area contributed by atoms with Gasteiger partial charge in [-0.2, -0.15) is 0 Å². The molecule has 0 atom stereocenters. The maximum atomic E-state index is 11.2. The van der Waals surface area contributed by atoms with Gasteiger partial charge in [-0.05, 0) is 20.8 Å². The lowest BCUT2D eigenvalue weighted by Crippen LogP contribution is -2.48. The van der Waals surface area contributed by atoms with Gasteiger partial charge < -0.3 is 9.47 Å². The van der Waals surface area contributed by atoms with Gasteiger partial charge in [0, 0.05) is 0 Å². The van der Waals surface area contributed by atoms with Crippen molar-refractivity contribution >= 4 is 5.97 Å². The third kappa shape index (κ3) is 4.24. The highest BCUT2D eigenvalue weighted by molar-refractivity contribution is 5.72. The van der Waals surface area contributed by atoms with E-state index in [2.05, 4.69) is 5.32 Å². The second-order valence-electron chi connectivity index (χ2n) is 4.20. The van der Waals surface area contributed by atoms with Crippen LogP contribution in [-0.4, -0.2) is 37.4 Å². The normalized spacial score (nSPS) is 18.1. The van der Waals surface area contributed by atoms with Crippen LogP contribution in [0.25, 0.3) is 0 Å². The zero-order valence-corrected chi connectivity index (χ0v) is 8.42. The first-order chi connectivity index (χ1) is 5.97. The molecule has 0 saturated carbocycles. The number of hydrogen-bond donors (Lipinski definition) is 1. The molecule has 13 heavy (non-hydrogen) atoms. The van der Waals surface area contributed by atoms with Crippen molar-refractivity contribution in [3.8, 4) is 0 Å². The van der Waals surface area contributed by atoms with E-state index in [1.54, 1.807) is 0 Å². The van der Waals surface area contributed by atoms with Crippen molar-refractivity contribution in [3.63, 3.8) is 0 Å². The van der Waals surface area contributed by atoms with E-state index in [-0.39, 0.29) is 12.5 Å². The van der Waals surface area contributed by atoms with Crippen molar-refractivity contribution in [3.05, 3.63) is 0 Å². The standard InChI is InChI=1S/C9H17NO3/c1-9(2,3)13-8(11)4-10-7-5-12-6-7/h7,10H,4-6H2,1-3H3. The maximum Gasteiger partial charge on any atom is 0.320 e. The summed E-state index contributed by atoms with van der Waals surface area (Å²) in [6.45, 7) is 7.24. The van der Waals surface area contributed by atoms with Crippen LogP contribution in [0, 0.1) is 0 Å². The summed E-state index contributed by atoms with van der Waals surface area (Å²) in [4.78, 5) is 11.2. The molecule has 0 aromatic heterocycles. The Bertz CT molecular complexity index is 182. The number of hydrogen-bond acceptors (Lipinski definition) is 4. The lowest BCUT2D eigenvalue weighted by Gasteiger charge is -2.27. The number of nitrogens with one attached hydrogen (secondary N) is 1. The second kappa shape index (κ2) is 4.07.